The molecule has 5 nitrogen and oxygen atoms in total. The molecule has 8 heteroatoms. The first-order chi connectivity index (χ1) is 12.5. The van der Waals surface area contributed by atoms with Crippen LogP contribution in [-0.2, 0) is 21.2 Å². The predicted molar refractivity (Wildman–Crippen MR) is 104 cm³/mol. The zero-order valence-corrected chi connectivity index (χ0v) is 17.1. The van der Waals surface area contributed by atoms with Gasteiger partial charge in [0, 0.05) is 24.5 Å². The molecule has 1 amide bonds. The molecule has 4 rings (SSSR count). The van der Waals surface area contributed by atoms with Gasteiger partial charge in [-0.05, 0) is 54.6 Å². The second kappa shape index (κ2) is 7.07. The van der Waals surface area contributed by atoms with Gasteiger partial charge in [0.15, 0.2) is 0 Å². The second-order valence-electron chi connectivity index (χ2n) is 6.89. The molecule has 140 valence electrons. The van der Waals surface area contributed by atoms with E-state index in [1.165, 1.54) is 26.1 Å². The summed E-state index contributed by atoms with van der Waals surface area (Å²) in [5.74, 6) is -0.151. The van der Waals surface area contributed by atoms with Crippen molar-refractivity contribution < 1.29 is 13.2 Å². The first-order valence-electron chi connectivity index (χ1n) is 8.89. The summed E-state index contributed by atoms with van der Waals surface area (Å²) >= 11 is 2.99. The van der Waals surface area contributed by atoms with E-state index in [4.69, 9.17) is 0 Å². The third kappa shape index (κ3) is 3.13. The molecule has 2 atom stereocenters. The van der Waals surface area contributed by atoms with Crippen molar-refractivity contribution >= 4 is 38.6 Å². The van der Waals surface area contributed by atoms with Crippen LogP contribution in [0.1, 0.15) is 36.2 Å². The lowest BCUT2D eigenvalue weighted by molar-refractivity contribution is -0.139. The maximum absolute atomic E-state index is 13.2. The van der Waals surface area contributed by atoms with Crippen LogP contribution in [0.2, 0.25) is 0 Å². The Bertz CT molecular complexity index is 889. The molecule has 2 aromatic rings. The van der Waals surface area contributed by atoms with Crippen molar-refractivity contribution in [3.63, 3.8) is 0 Å². The average molecular weight is 411 g/mol. The first-order valence-corrected chi connectivity index (χ1v) is 12.1. The summed E-state index contributed by atoms with van der Waals surface area (Å²) in [5.41, 5.74) is 1.24. The summed E-state index contributed by atoms with van der Waals surface area (Å²) in [6.45, 7) is 3.58. The first kappa shape index (κ1) is 18.2. The lowest BCUT2D eigenvalue weighted by Crippen LogP contribution is -2.48. The van der Waals surface area contributed by atoms with E-state index < -0.39 is 10.0 Å². The van der Waals surface area contributed by atoms with Gasteiger partial charge in [-0.1, -0.05) is 6.07 Å². The highest BCUT2D eigenvalue weighted by molar-refractivity contribution is 7.91. The molecular formula is C18H22N2O3S3. The normalized spacial score (nSPS) is 24.4. The average Bonchev–Trinajstić information content (AvgIpc) is 3.34. The molecule has 4 heterocycles. The van der Waals surface area contributed by atoms with E-state index in [2.05, 4.69) is 18.4 Å². The van der Waals surface area contributed by atoms with Crippen molar-refractivity contribution in [2.24, 2.45) is 5.92 Å². The van der Waals surface area contributed by atoms with E-state index in [0.29, 0.717) is 17.3 Å². The van der Waals surface area contributed by atoms with Crippen LogP contribution < -0.4 is 0 Å². The van der Waals surface area contributed by atoms with Crippen LogP contribution in [0.5, 0.6) is 0 Å². The number of fused-ring (bicyclic) bond motifs is 1. The van der Waals surface area contributed by atoms with E-state index in [1.54, 1.807) is 28.8 Å². The molecule has 0 radical (unpaired) electrons. The number of thiophene rings is 2. The highest BCUT2D eigenvalue weighted by atomic mass is 32.2. The lowest BCUT2D eigenvalue weighted by atomic mass is 9.94. The fourth-order valence-corrected chi connectivity index (χ4v) is 7.58. The van der Waals surface area contributed by atoms with Crippen molar-refractivity contribution in [1.82, 2.24) is 9.21 Å². The van der Waals surface area contributed by atoms with Gasteiger partial charge in [-0.15, -0.1) is 22.7 Å². The Morgan fingerprint density at radius 3 is 2.81 bits per heavy atom. The molecule has 0 N–H and O–H groups in total. The fraction of sp³-hybridized carbons (Fsp3) is 0.500. The Hall–Kier alpha value is -1.22. The Morgan fingerprint density at radius 1 is 1.19 bits per heavy atom. The van der Waals surface area contributed by atoms with Gasteiger partial charge in [-0.3, -0.25) is 4.79 Å². The summed E-state index contributed by atoms with van der Waals surface area (Å²) in [5, 5.41) is 3.86. The molecule has 2 aliphatic heterocycles. The van der Waals surface area contributed by atoms with Gasteiger partial charge in [0.1, 0.15) is 4.21 Å². The van der Waals surface area contributed by atoms with Gasteiger partial charge in [0.2, 0.25) is 5.91 Å². The maximum atomic E-state index is 13.2. The summed E-state index contributed by atoms with van der Waals surface area (Å²) in [7, 11) is -3.49. The van der Waals surface area contributed by atoms with Crippen molar-refractivity contribution in [2.75, 3.05) is 19.6 Å². The quantitative estimate of drug-likeness (QED) is 0.780. The number of carbonyl (C=O) groups excluding carboxylic acids is 1. The van der Waals surface area contributed by atoms with Crippen molar-refractivity contribution in [3.8, 4) is 0 Å². The molecule has 0 spiro atoms. The van der Waals surface area contributed by atoms with Crippen LogP contribution in [0, 0.1) is 5.92 Å². The molecule has 0 unspecified atom stereocenters. The number of carbonyl (C=O) groups is 1. The molecule has 0 saturated carbocycles. The fourth-order valence-electron chi connectivity index (χ4n) is 3.94. The van der Waals surface area contributed by atoms with E-state index in [0.717, 1.165) is 25.8 Å². The summed E-state index contributed by atoms with van der Waals surface area (Å²) in [6.07, 6.45) is 2.38. The highest BCUT2D eigenvalue weighted by Crippen LogP contribution is 2.35. The monoisotopic (exact) mass is 410 g/mol. The van der Waals surface area contributed by atoms with Crippen LogP contribution in [0.4, 0.5) is 0 Å². The number of piperidine rings is 1. The van der Waals surface area contributed by atoms with E-state index in [-0.39, 0.29) is 17.9 Å². The van der Waals surface area contributed by atoms with Crippen molar-refractivity contribution in [2.45, 2.75) is 36.4 Å². The minimum atomic E-state index is -3.49. The van der Waals surface area contributed by atoms with E-state index >= 15 is 0 Å². The Morgan fingerprint density at radius 2 is 2.04 bits per heavy atom. The topological polar surface area (TPSA) is 57.7 Å². The van der Waals surface area contributed by atoms with Crippen molar-refractivity contribution in [1.29, 1.82) is 0 Å². The smallest absolute Gasteiger partial charge is 0.252 e. The molecule has 2 aromatic heterocycles. The van der Waals surface area contributed by atoms with Gasteiger partial charge < -0.3 is 4.90 Å². The third-order valence-corrected chi connectivity index (χ3v) is 9.62. The number of hydrogen-bond acceptors (Lipinski definition) is 5. The Kier molecular flexibility index (Phi) is 4.94. The molecule has 0 aliphatic carbocycles. The summed E-state index contributed by atoms with van der Waals surface area (Å²) in [4.78, 5) is 16.5. The predicted octanol–water partition coefficient (Wildman–Crippen LogP) is 3.36. The minimum absolute atomic E-state index is 0.0711. The SMILES string of the molecule is C[C@@H]1c2ccsc2CCN1C(=O)[C@@H]1CCCN(S(=O)(=O)c2cccs2)C1. The summed E-state index contributed by atoms with van der Waals surface area (Å²) in [6, 6.07) is 5.56. The van der Waals surface area contributed by atoms with Crippen molar-refractivity contribution in [3.05, 3.63) is 39.4 Å². The number of sulfonamides is 1. The zero-order valence-electron chi connectivity index (χ0n) is 14.6. The molecular weight excluding hydrogens is 388 g/mol. The molecule has 26 heavy (non-hydrogen) atoms. The lowest BCUT2D eigenvalue weighted by Gasteiger charge is -2.38. The molecule has 0 aromatic carbocycles. The van der Waals surface area contributed by atoms with E-state index in [9.17, 15) is 13.2 Å². The van der Waals surface area contributed by atoms with Crippen LogP contribution in [-0.4, -0.2) is 43.2 Å². The maximum Gasteiger partial charge on any atom is 0.252 e. The largest absolute Gasteiger partial charge is 0.335 e. The van der Waals surface area contributed by atoms with Crippen LogP contribution in [0.15, 0.2) is 33.2 Å². The van der Waals surface area contributed by atoms with Crippen LogP contribution >= 0.6 is 22.7 Å². The van der Waals surface area contributed by atoms with Crippen LogP contribution in [0.25, 0.3) is 0 Å². The summed E-state index contributed by atoms with van der Waals surface area (Å²) < 4.78 is 27.5. The number of hydrogen-bond donors (Lipinski definition) is 0. The standard InChI is InChI=1S/C18H22N2O3S3/c1-13-15-7-11-24-16(15)6-9-20(13)18(21)14-4-2-8-19(12-14)26(22,23)17-5-3-10-25-17/h3,5,7,10-11,13-14H,2,4,6,8-9,12H2,1H3/t13-,14-/m1/s1. The van der Waals surface area contributed by atoms with Crippen LogP contribution in [0.3, 0.4) is 0 Å². The molecule has 1 fully saturated rings. The number of nitrogens with zero attached hydrogens (tertiary/aromatic N) is 2. The van der Waals surface area contributed by atoms with Gasteiger partial charge in [0.05, 0.1) is 12.0 Å². The van der Waals surface area contributed by atoms with Gasteiger partial charge in [-0.25, -0.2) is 8.42 Å². The number of amides is 1. The number of rotatable bonds is 3. The van der Waals surface area contributed by atoms with Gasteiger partial charge >= 0.3 is 0 Å². The van der Waals surface area contributed by atoms with E-state index in [1.807, 2.05) is 4.90 Å². The minimum Gasteiger partial charge on any atom is -0.335 e. The Balaban J connectivity index is 1.51. The molecule has 0 bridgehead atoms. The van der Waals surface area contributed by atoms with Gasteiger partial charge in [0.25, 0.3) is 10.0 Å². The zero-order chi connectivity index (χ0) is 18.3. The van der Waals surface area contributed by atoms with Gasteiger partial charge in [-0.2, -0.15) is 4.31 Å². The molecule has 2 aliphatic rings. The highest BCUT2D eigenvalue weighted by Gasteiger charge is 2.38. The Labute approximate surface area is 162 Å². The third-order valence-electron chi connectivity index (χ3n) is 5.38. The second-order valence-corrected chi connectivity index (χ2v) is 11.0. The molecule has 1 saturated heterocycles.